The average Bonchev–Trinajstić information content (AvgIpc) is 3.30. The van der Waals surface area contributed by atoms with Gasteiger partial charge in [-0.05, 0) is 39.8 Å². The topological polar surface area (TPSA) is 77.5 Å². The summed E-state index contributed by atoms with van der Waals surface area (Å²) < 4.78 is 25.8. The van der Waals surface area contributed by atoms with E-state index in [9.17, 15) is 9.59 Å². The van der Waals surface area contributed by atoms with Crippen molar-refractivity contribution in [3.05, 3.63) is 47.5 Å². The minimum Gasteiger partial charge on any atom is -0.483 e. The van der Waals surface area contributed by atoms with Gasteiger partial charge in [0.1, 0.15) is 11.2 Å². The van der Waals surface area contributed by atoms with Gasteiger partial charge < -0.3 is 18.9 Å². The fraction of sp³-hybridized carbons (Fsp3) is 0.417. The van der Waals surface area contributed by atoms with Gasteiger partial charge in [0, 0.05) is 79.7 Å². The molecular formula is C24H28N2O6S4. The standard InChI is InChI=1S/C24H28N2O6S4/c1-23(2)13-15-9-7-11-17(19(15)31-23)29-21(27)25(5)33-35-36-34-26(6)22(28)30-18-12-8-10-16-14-24(3,4)32-20(16)18/h7-12H,13-14H2,1-6H3. The van der Waals surface area contributed by atoms with E-state index in [1.165, 1.54) is 50.2 Å². The van der Waals surface area contributed by atoms with Crippen LogP contribution in [0.2, 0.25) is 0 Å². The van der Waals surface area contributed by atoms with Crippen LogP contribution in [0.4, 0.5) is 9.59 Å². The number of hydrogen-bond acceptors (Lipinski definition) is 10. The molecule has 0 atom stereocenters. The second-order valence-electron chi connectivity index (χ2n) is 9.58. The van der Waals surface area contributed by atoms with E-state index >= 15 is 0 Å². The molecule has 4 rings (SSSR count). The van der Waals surface area contributed by atoms with Crippen LogP contribution >= 0.6 is 41.6 Å². The Kier molecular flexibility index (Phi) is 8.08. The van der Waals surface area contributed by atoms with Crippen molar-refractivity contribution >= 4 is 53.8 Å². The second-order valence-corrected chi connectivity index (χ2v) is 15.4. The lowest BCUT2D eigenvalue weighted by Crippen LogP contribution is -2.25. The summed E-state index contributed by atoms with van der Waals surface area (Å²) in [6.07, 6.45) is 0.479. The van der Waals surface area contributed by atoms with Crippen molar-refractivity contribution in [2.75, 3.05) is 14.1 Å². The molecule has 0 saturated heterocycles. The van der Waals surface area contributed by atoms with Crippen molar-refractivity contribution in [3.63, 3.8) is 0 Å². The van der Waals surface area contributed by atoms with Crippen LogP contribution in [0.1, 0.15) is 38.8 Å². The summed E-state index contributed by atoms with van der Waals surface area (Å²) in [7, 11) is 8.24. The highest BCUT2D eigenvalue weighted by Gasteiger charge is 2.34. The molecule has 0 fully saturated rings. The molecule has 2 aromatic carbocycles. The lowest BCUT2D eigenvalue weighted by atomic mass is 10.0. The number of ether oxygens (including phenoxy) is 4. The SMILES string of the molecule is CN(SSSSN(C)C(=O)Oc1cccc2c1OC(C)(C)C2)C(=O)Oc1cccc2c1OC(C)(C)C2. The first-order valence-corrected chi connectivity index (χ1v) is 15.9. The van der Waals surface area contributed by atoms with Crippen LogP contribution in [-0.2, 0) is 12.8 Å². The zero-order chi connectivity index (χ0) is 26.1. The normalized spacial score (nSPS) is 16.3. The van der Waals surface area contributed by atoms with Crippen molar-refractivity contribution in [3.8, 4) is 23.0 Å². The molecule has 12 heteroatoms. The van der Waals surface area contributed by atoms with Gasteiger partial charge >= 0.3 is 12.2 Å². The molecule has 0 unspecified atom stereocenters. The van der Waals surface area contributed by atoms with Crippen LogP contribution in [0.15, 0.2) is 36.4 Å². The number of carbonyl (C=O) groups is 2. The maximum absolute atomic E-state index is 12.6. The van der Waals surface area contributed by atoms with E-state index in [-0.39, 0.29) is 11.2 Å². The van der Waals surface area contributed by atoms with E-state index in [2.05, 4.69) is 0 Å². The molecule has 2 amide bonds. The van der Waals surface area contributed by atoms with Crippen LogP contribution in [0.3, 0.4) is 0 Å². The molecular weight excluding hydrogens is 541 g/mol. The van der Waals surface area contributed by atoms with Crippen molar-refractivity contribution in [2.45, 2.75) is 51.7 Å². The highest BCUT2D eigenvalue weighted by atomic mass is 33.7. The molecule has 2 aliphatic heterocycles. The van der Waals surface area contributed by atoms with Gasteiger partial charge in [0.05, 0.1) is 0 Å². The van der Waals surface area contributed by atoms with E-state index in [4.69, 9.17) is 18.9 Å². The summed E-state index contributed by atoms with van der Waals surface area (Å²) in [5, 5.41) is 0. The van der Waals surface area contributed by atoms with Gasteiger partial charge in [0.2, 0.25) is 0 Å². The summed E-state index contributed by atoms with van der Waals surface area (Å²) >= 11 is 0. The third-order valence-corrected chi connectivity index (χ3v) is 11.2. The van der Waals surface area contributed by atoms with Crippen LogP contribution in [0.5, 0.6) is 23.0 Å². The van der Waals surface area contributed by atoms with Crippen molar-refractivity contribution in [2.24, 2.45) is 0 Å². The molecule has 2 aromatic rings. The summed E-state index contributed by atoms with van der Waals surface area (Å²) in [4.78, 5) is 25.1. The Balaban J connectivity index is 1.21. The van der Waals surface area contributed by atoms with Crippen LogP contribution < -0.4 is 18.9 Å². The molecule has 0 spiro atoms. The van der Waals surface area contributed by atoms with Gasteiger partial charge in [0.25, 0.3) is 0 Å². The lowest BCUT2D eigenvalue weighted by molar-refractivity contribution is 0.131. The average molecular weight is 569 g/mol. The number of amides is 2. The maximum Gasteiger partial charge on any atom is 0.425 e. The van der Waals surface area contributed by atoms with Gasteiger partial charge in [-0.2, -0.15) is 0 Å². The van der Waals surface area contributed by atoms with Gasteiger partial charge in [-0.25, -0.2) is 18.2 Å². The first-order chi connectivity index (χ1) is 16.9. The number of nitrogens with zero attached hydrogens (tertiary/aromatic N) is 2. The van der Waals surface area contributed by atoms with Gasteiger partial charge in [-0.15, -0.1) is 0 Å². The molecule has 0 aliphatic carbocycles. The Morgan fingerprint density at radius 2 is 1.14 bits per heavy atom. The summed E-state index contributed by atoms with van der Waals surface area (Å²) in [5.41, 5.74) is 1.39. The second kappa shape index (κ2) is 10.8. The molecule has 36 heavy (non-hydrogen) atoms. The molecule has 0 N–H and O–H groups in total. The number of hydrogen-bond donors (Lipinski definition) is 0. The van der Waals surface area contributed by atoms with Gasteiger partial charge in [-0.1, -0.05) is 24.3 Å². The predicted octanol–water partition coefficient (Wildman–Crippen LogP) is 7.18. The summed E-state index contributed by atoms with van der Waals surface area (Å²) in [6, 6.07) is 11.1. The third-order valence-electron chi connectivity index (χ3n) is 5.33. The smallest absolute Gasteiger partial charge is 0.425 e. The van der Waals surface area contributed by atoms with E-state index in [1.54, 1.807) is 26.2 Å². The van der Waals surface area contributed by atoms with Crippen molar-refractivity contribution < 1.29 is 28.5 Å². The van der Waals surface area contributed by atoms with E-state index in [1.807, 2.05) is 52.0 Å². The Hall–Kier alpha value is -2.02. The Bertz CT molecular complexity index is 1070. The van der Waals surface area contributed by atoms with E-state index in [0.717, 1.165) is 24.0 Å². The fourth-order valence-corrected chi connectivity index (χ4v) is 8.75. The largest absolute Gasteiger partial charge is 0.483 e. The molecule has 0 radical (unpaired) electrons. The molecule has 0 saturated carbocycles. The molecule has 2 heterocycles. The number of rotatable bonds is 7. The van der Waals surface area contributed by atoms with Crippen molar-refractivity contribution in [1.29, 1.82) is 0 Å². The van der Waals surface area contributed by atoms with Crippen LogP contribution in [-0.4, -0.2) is 46.1 Å². The zero-order valence-electron chi connectivity index (χ0n) is 20.9. The first kappa shape index (κ1) is 27.0. The number of fused-ring (bicyclic) bond motifs is 2. The van der Waals surface area contributed by atoms with Gasteiger partial charge in [0.15, 0.2) is 23.0 Å². The monoisotopic (exact) mass is 568 g/mol. The highest BCUT2D eigenvalue weighted by Crippen LogP contribution is 2.47. The van der Waals surface area contributed by atoms with E-state index < -0.39 is 12.2 Å². The summed E-state index contributed by atoms with van der Waals surface area (Å²) in [6.45, 7) is 8.00. The highest BCUT2D eigenvalue weighted by molar-refractivity contribution is 9.25. The maximum atomic E-state index is 12.6. The molecule has 2 aliphatic rings. The number of benzene rings is 2. The number of carbonyl (C=O) groups excluding carboxylic acids is 2. The predicted molar refractivity (Wildman–Crippen MR) is 148 cm³/mol. The fourth-order valence-electron chi connectivity index (χ4n) is 3.83. The number of para-hydroxylation sites is 2. The Morgan fingerprint density at radius 1 is 0.750 bits per heavy atom. The van der Waals surface area contributed by atoms with Crippen LogP contribution in [0, 0.1) is 0 Å². The van der Waals surface area contributed by atoms with E-state index in [0.29, 0.717) is 23.0 Å². The molecule has 194 valence electrons. The molecule has 0 bridgehead atoms. The third kappa shape index (κ3) is 6.45. The van der Waals surface area contributed by atoms with Crippen LogP contribution in [0.25, 0.3) is 0 Å². The van der Waals surface area contributed by atoms with Gasteiger partial charge in [-0.3, -0.25) is 0 Å². The minimum absolute atomic E-state index is 0.327. The summed E-state index contributed by atoms with van der Waals surface area (Å²) in [5.74, 6) is 2.05. The molecule has 8 nitrogen and oxygen atoms in total. The lowest BCUT2D eigenvalue weighted by Gasteiger charge is -2.19. The minimum atomic E-state index is -0.520. The zero-order valence-corrected chi connectivity index (χ0v) is 24.1. The Labute approximate surface area is 226 Å². The van der Waals surface area contributed by atoms with Crippen molar-refractivity contribution in [1.82, 2.24) is 8.61 Å². The quantitative estimate of drug-likeness (QED) is 0.195. The Morgan fingerprint density at radius 3 is 1.53 bits per heavy atom. The molecule has 0 aromatic heterocycles. The first-order valence-electron chi connectivity index (χ1n) is 11.2.